The molecule has 0 saturated heterocycles. The van der Waals surface area contributed by atoms with E-state index in [-0.39, 0.29) is 10.9 Å². The average Bonchev–Trinajstić information content (AvgIpc) is 2.77. The third-order valence-electron chi connectivity index (χ3n) is 2.27. The molecule has 0 radical (unpaired) electrons. The molecule has 2 rings (SSSR count). The lowest BCUT2D eigenvalue weighted by atomic mass is 10.2. The Kier molecular flexibility index (Phi) is 4.37. The molecule has 0 unspecified atom stereocenters. The van der Waals surface area contributed by atoms with Crippen LogP contribution in [0.2, 0.25) is 5.02 Å². The Hall–Kier alpha value is -0.910. The molecule has 1 heterocycles. The molecule has 1 N–H and O–H groups in total. The third-order valence-corrected chi connectivity index (χ3v) is 4.06. The molecular weight excluding hydrogens is 341 g/mol. The average molecular weight is 349 g/mol. The van der Waals surface area contributed by atoms with E-state index in [4.69, 9.17) is 11.6 Å². The van der Waals surface area contributed by atoms with Crippen LogP contribution in [0.4, 0.5) is 4.39 Å². The van der Waals surface area contributed by atoms with Crippen LogP contribution < -0.4 is 5.32 Å². The van der Waals surface area contributed by atoms with Crippen LogP contribution in [0.15, 0.2) is 33.4 Å². The Balaban J connectivity index is 1.99. The van der Waals surface area contributed by atoms with Gasteiger partial charge in [-0.15, -0.1) is 11.3 Å². The molecule has 0 aliphatic carbocycles. The van der Waals surface area contributed by atoms with Crippen molar-refractivity contribution in [3.8, 4) is 0 Å². The van der Waals surface area contributed by atoms with E-state index in [2.05, 4.69) is 21.2 Å². The van der Waals surface area contributed by atoms with Crippen LogP contribution in [0.25, 0.3) is 0 Å². The largest absolute Gasteiger partial charge is 0.348 e. The first kappa shape index (κ1) is 13.5. The van der Waals surface area contributed by atoms with Crippen molar-refractivity contribution in [2.75, 3.05) is 0 Å². The van der Waals surface area contributed by atoms with E-state index in [1.807, 2.05) is 0 Å². The van der Waals surface area contributed by atoms with Crippen molar-refractivity contribution in [1.29, 1.82) is 0 Å². The smallest absolute Gasteiger partial charge is 0.252 e. The van der Waals surface area contributed by atoms with Gasteiger partial charge in [0.05, 0.1) is 14.4 Å². The van der Waals surface area contributed by atoms with Gasteiger partial charge in [-0.2, -0.15) is 0 Å². The highest BCUT2D eigenvalue weighted by Gasteiger charge is 2.08. The second kappa shape index (κ2) is 5.82. The summed E-state index contributed by atoms with van der Waals surface area (Å²) < 4.78 is 13.8. The molecule has 18 heavy (non-hydrogen) atoms. The topological polar surface area (TPSA) is 29.1 Å². The summed E-state index contributed by atoms with van der Waals surface area (Å²) in [5.74, 6) is -0.633. The monoisotopic (exact) mass is 347 g/mol. The molecule has 1 aromatic heterocycles. The van der Waals surface area contributed by atoms with Gasteiger partial charge in [0.25, 0.3) is 5.91 Å². The van der Waals surface area contributed by atoms with Gasteiger partial charge in [-0.3, -0.25) is 4.79 Å². The summed E-state index contributed by atoms with van der Waals surface area (Å²) in [6, 6.07) is 6.12. The Morgan fingerprint density at radius 3 is 2.83 bits per heavy atom. The molecule has 2 aromatic rings. The molecular formula is C12H8BrClFNOS. The SMILES string of the molecule is O=C(NCc1ccc(F)c(Cl)c1)c1csc(Br)c1. The van der Waals surface area contributed by atoms with Crippen LogP contribution in [0.1, 0.15) is 15.9 Å². The predicted octanol–water partition coefficient (Wildman–Crippen LogP) is 4.23. The molecule has 1 amide bonds. The van der Waals surface area contributed by atoms with Gasteiger partial charge in [0.1, 0.15) is 5.82 Å². The highest BCUT2D eigenvalue weighted by atomic mass is 79.9. The maximum absolute atomic E-state index is 12.9. The summed E-state index contributed by atoms with van der Waals surface area (Å²) in [5.41, 5.74) is 1.35. The summed E-state index contributed by atoms with van der Waals surface area (Å²) in [6.45, 7) is 0.312. The van der Waals surface area contributed by atoms with Gasteiger partial charge in [0.2, 0.25) is 0 Å². The number of thiophene rings is 1. The Morgan fingerprint density at radius 2 is 2.22 bits per heavy atom. The fourth-order valence-corrected chi connectivity index (χ4v) is 2.70. The fourth-order valence-electron chi connectivity index (χ4n) is 1.36. The van der Waals surface area contributed by atoms with Crippen molar-refractivity contribution >= 4 is 44.8 Å². The Bertz CT molecular complexity index is 587. The Morgan fingerprint density at radius 1 is 1.44 bits per heavy atom. The highest BCUT2D eigenvalue weighted by Crippen LogP contribution is 2.20. The van der Waals surface area contributed by atoms with Crippen LogP contribution in [0.3, 0.4) is 0 Å². The molecule has 0 aliphatic heterocycles. The molecule has 0 saturated carbocycles. The summed E-state index contributed by atoms with van der Waals surface area (Å²) in [5, 5.41) is 4.56. The fraction of sp³-hybridized carbons (Fsp3) is 0.0833. The van der Waals surface area contributed by atoms with Gasteiger partial charge in [0, 0.05) is 11.9 Å². The van der Waals surface area contributed by atoms with Gasteiger partial charge in [-0.05, 0) is 39.7 Å². The standard InChI is InChI=1S/C12H8BrClFNOS/c13-11-4-8(6-18-11)12(17)16-5-7-1-2-10(15)9(14)3-7/h1-4,6H,5H2,(H,16,17). The molecule has 6 heteroatoms. The quantitative estimate of drug-likeness (QED) is 0.883. The van der Waals surface area contributed by atoms with E-state index in [0.29, 0.717) is 12.1 Å². The van der Waals surface area contributed by atoms with Crippen LogP contribution in [-0.2, 0) is 6.54 Å². The number of hydrogen-bond donors (Lipinski definition) is 1. The first-order valence-corrected chi connectivity index (χ1v) is 7.07. The number of halogens is 3. The van der Waals surface area contributed by atoms with E-state index < -0.39 is 5.82 Å². The van der Waals surface area contributed by atoms with E-state index in [1.54, 1.807) is 17.5 Å². The van der Waals surface area contributed by atoms with Crippen molar-refractivity contribution < 1.29 is 9.18 Å². The molecule has 94 valence electrons. The summed E-state index contributed by atoms with van der Waals surface area (Å²) >= 11 is 10.4. The molecule has 0 atom stereocenters. The maximum Gasteiger partial charge on any atom is 0.252 e. The van der Waals surface area contributed by atoms with Crippen molar-refractivity contribution in [3.05, 3.63) is 55.4 Å². The van der Waals surface area contributed by atoms with Gasteiger partial charge >= 0.3 is 0 Å². The van der Waals surface area contributed by atoms with Crippen molar-refractivity contribution in [2.24, 2.45) is 0 Å². The number of hydrogen-bond acceptors (Lipinski definition) is 2. The minimum absolute atomic E-state index is 0.0556. The molecule has 0 aliphatic rings. The zero-order valence-corrected chi connectivity index (χ0v) is 12.2. The lowest BCUT2D eigenvalue weighted by Gasteiger charge is -2.04. The number of amides is 1. The van der Waals surface area contributed by atoms with E-state index in [1.165, 1.54) is 23.5 Å². The van der Waals surface area contributed by atoms with Gasteiger partial charge in [0.15, 0.2) is 0 Å². The summed E-state index contributed by atoms with van der Waals surface area (Å²) in [4.78, 5) is 11.8. The van der Waals surface area contributed by atoms with E-state index in [9.17, 15) is 9.18 Å². The first-order chi connectivity index (χ1) is 8.56. The molecule has 1 aromatic carbocycles. The van der Waals surface area contributed by atoms with Crippen LogP contribution in [0.5, 0.6) is 0 Å². The summed E-state index contributed by atoms with van der Waals surface area (Å²) in [6.07, 6.45) is 0. The summed E-state index contributed by atoms with van der Waals surface area (Å²) in [7, 11) is 0. The maximum atomic E-state index is 12.9. The number of carbonyl (C=O) groups is 1. The molecule has 0 fully saturated rings. The van der Waals surface area contributed by atoms with E-state index in [0.717, 1.165) is 9.35 Å². The predicted molar refractivity (Wildman–Crippen MR) is 74.6 cm³/mol. The zero-order valence-electron chi connectivity index (χ0n) is 9.04. The number of carbonyl (C=O) groups excluding carboxylic acids is 1. The second-order valence-corrected chi connectivity index (χ2v) is 6.27. The lowest BCUT2D eigenvalue weighted by Crippen LogP contribution is -2.22. The van der Waals surface area contributed by atoms with Gasteiger partial charge in [-0.25, -0.2) is 4.39 Å². The van der Waals surface area contributed by atoms with Gasteiger partial charge < -0.3 is 5.32 Å². The van der Waals surface area contributed by atoms with Crippen LogP contribution >= 0.6 is 38.9 Å². The number of benzene rings is 1. The number of rotatable bonds is 3. The minimum Gasteiger partial charge on any atom is -0.348 e. The van der Waals surface area contributed by atoms with Crippen LogP contribution in [0, 0.1) is 5.82 Å². The third kappa shape index (κ3) is 3.31. The van der Waals surface area contributed by atoms with Crippen molar-refractivity contribution in [2.45, 2.75) is 6.54 Å². The normalized spacial score (nSPS) is 10.4. The van der Waals surface area contributed by atoms with Crippen LogP contribution in [-0.4, -0.2) is 5.91 Å². The lowest BCUT2D eigenvalue weighted by molar-refractivity contribution is 0.0951. The molecule has 2 nitrogen and oxygen atoms in total. The second-order valence-electron chi connectivity index (χ2n) is 3.57. The minimum atomic E-state index is -0.464. The Labute approximate surface area is 121 Å². The van der Waals surface area contributed by atoms with Crippen molar-refractivity contribution in [1.82, 2.24) is 5.32 Å². The first-order valence-electron chi connectivity index (χ1n) is 5.02. The molecule has 0 bridgehead atoms. The number of nitrogens with one attached hydrogen (secondary N) is 1. The highest BCUT2D eigenvalue weighted by molar-refractivity contribution is 9.11. The molecule has 0 spiro atoms. The van der Waals surface area contributed by atoms with Gasteiger partial charge in [-0.1, -0.05) is 17.7 Å². The zero-order chi connectivity index (χ0) is 13.1. The van der Waals surface area contributed by atoms with E-state index >= 15 is 0 Å². The van der Waals surface area contributed by atoms with Crippen molar-refractivity contribution in [3.63, 3.8) is 0 Å².